The number of nitro groups is 1. The number of nitrogens with one attached hydrogen (secondary N) is 1. The number of nitrogens with zero attached hydrogens (tertiary/aromatic N) is 1. The molecule has 1 heterocycles. The molecule has 0 radical (unpaired) electrons. The van der Waals surface area contributed by atoms with Gasteiger partial charge < -0.3 is 14.8 Å². The number of hydrogen-bond donors (Lipinski definition) is 1. The topological polar surface area (TPSA) is 73.6 Å². The molecule has 1 aliphatic heterocycles. The molecule has 0 aromatic heterocycles. The summed E-state index contributed by atoms with van der Waals surface area (Å²) < 4.78 is 11.3. The van der Waals surface area contributed by atoms with Gasteiger partial charge in [-0.3, -0.25) is 10.1 Å². The third-order valence-corrected chi connectivity index (χ3v) is 4.98. The Morgan fingerprint density at radius 3 is 2.64 bits per heavy atom. The molecule has 22 heavy (non-hydrogen) atoms. The number of ether oxygens (including phenoxy) is 2. The summed E-state index contributed by atoms with van der Waals surface area (Å²) in [6.07, 6.45) is 5.66. The summed E-state index contributed by atoms with van der Waals surface area (Å²) in [5, 5.41) is 14.4. The van der Waals surface area contributed by atoms with Gasteiger partial charge in [0.15, 0.2) is 11.5 Å². The van der Waals surface area contributed by atoms with Gasteiger partial charge in [-0.25, -0.2) is 0 Å². The third kappa shape index (κ3) is 3.02. The Bertz CT molecular complexity index is 545. The number of hydrogen-bond acceptors (Lipinski definition) is 5. The SMILES string of the molecule is COc1ccc([N+](=O)[O-])cc1OC1CCC2(CCNC2)CC1. The van der Waals surface area contributed by atoms with Gasteiger partial charge >= 0.3 is 0 Å². The van der Waals surface area contributed by atoms with Crippen molar-refractivity contribution in [2.24, 2.45) is 5.41 Å². The van der Waals surface area contributed by atoms with Crippen molar-refractivity contribution in [1.82, 2.24) is 5.32 Å². The first-order chi connectivity index (χ1) is 10.6. The zero-order chi connectivity index (χ0) is 15.6. The molecule has 1 spiro atoms. The number of rotatable bonds is 4. The molecule has 120 valence electrons. The van der Waals surface area contributed by atoms with E-state index in [-0.39, 0.29) is 11.8 Å². The normalized spacial score (nSPS) is 27.8. The van der Waals surface area contributed by atoms with Crippen LogP contribution in [-0.4, -0.2) is 31.2 Å². The van der Waals surface area contributed by atoms with Crippen molar-refractivity contribution in [3.8, 4) is 11.5 Å². The molecule has 1 N–H and O–H groups in total. The average molecular weight is 306 g/mol. The van der Waals surface area contributed by atoms with E-state index in [1.54, 1.807) is 13.2 Å². The summed E-state index contributed by atoms with van der Waals surface area (Å²) in [7, 11) is 1.55. The van der Waals surface area contributed by atoms with Crippen LogP contribution in [0.25, 0.3) is 0 Å². The lowest BCUT2D eigenvalue weighted by atomic mass is 9.72. The van der Waals surface area contributed by atoms with E-state index in [4.69, 9.17) is 9.47 Å². The molecule has 0 unspecified atom stereocenters. The molecule has 1 saturated heterocycles. The van der Waals surface area contributed by atoms with Gasteiger partial charge in [0.05, 0.1) is 24.2 Å². The molecule has 2 aliphatic rings. The van der Waals surface area contributed by atoms with E-state index in [0.717, 1.165) is 38.8 Å². The van der Waals surface area contributed by atoms with Crippen LogP contribution in [0.1, 0.15) is 32.1 Å². The predicted octanol–water partition coefficient (Wildman–Crippen LogP) is 2.90. The van der Waals surface area contributed by atoms with Gasteiger partial charge in [-0.15, -0.1) is 0 Å². The summed E-state index contributed by atoms with van der Waals surface area (Å²) in [6, 6.07) is 4.49. The Hall–Kier alpha value is -1.82. The van der Waals surface area contributed by atoms with Crippen LogP contribution in [-0.2, 0) is 0 Å². The molecule has 2 fully saturated rings. The van der Waals surface area contributed by atoms with Gasteiger partial charge in [0.2, 0.25) is 0 Å². The fourth-order valence-corrected chi connectivity index (χ4v) is 3.59. The van der Waals surface area contributed by atoms with E-state index in [1.165, 1.54) is 18.6 Å². The van der Waals surface area contributed by atoms with Gasteiger partial charge in [0, 0.05) is 12.6 Å². The van der Waals surface area contributed by atoms with E-state index in [1.807, 2.05) is 0 Å². The Kier molecular flexibility index (Phi) is 4.20. The highest BCUT2D eigenvalue weighted by atomic mass is 16.6. The smallest absolute Gasteiger partial charge is 0.273 e. The van der Waals surface area contributed by atoms with Crippen molar-refractivity contribution < 1.29 is 14.4 Å². The van der Waals surface area contributed by atoms with Crippen LogP contribution in [0.15, 0.2) is 18.2 Å². The number of non-ortho nitro benzene ring substituents is 1. The van der Waals surface area contributed by atoms with Gasteiger partial charge in [-0.1, -0.05) is 0 Å². The summed E-state index contributed by atoms with van der Waals surface area (Å²) in [5.74, 6) is 1.02. The van der Waals surface area contributed by atoms with E-state index >= 15 is 0 Å². The fourth-order valence-electron chi connectivity index (χ4n) is 3.59. The molecule has 6 nitrogen and oxygen atoms in total. The Morgan fingerprint density at radius 1 is 1.27 bits per heavy atom. The van der Waals surface area contributed by atoms with Crippen molar-refractivity contribution >= 4 is 5.69 Å². The Morgan fingerprint density at radius 2 is 2.05 bits per heavy atom. The van der Waals surface area contributed by atoms with Crippen LogP contribution in [0.4, 0.5) is 5.69 Å². The van der Waals surface area contributed by atoms with E-state index in [0.29, 0.717) is 16.9 Å². The van der Waals surface area contributed by atoms with Gasteiger partial charge in [-0.2, -0.15) is 0 Å². The molecular formula is C16H22N2O4. The Balaban J connectivity index is 1.68. The zero-order valence-corrected chi connectivity index (χ0v) is 12.8. The molecule has 0 atom stereocenters. The minimum Gasteiger partial charge on any atom is -0.493 e. The quantitative estimate of drug-likeness (QED) is 0.684. The highest BCUT2D eigenvalue weighted by Crippen LogP contribution is 2.43. The maximum atomic E-state index is 10.9. The van der Waals surface area contributed by atoms with E-state index in [9.17, 15) is 10.1 Å². The van der Waals surface area contributed by atoms with Crippen molar-refractivity contribution in [2.45, 2.75) is 38.2 Å². The van der Waals surface area contributed by atoms with Crippen molar-refractivity contribution in [2.75, 3.05) is 20.2 Å². The second-order valence-corrected chi connectivity index (χ2v) is 6.34. The third-order valence-electron chi connectivity index (χ3n) is 4.98. The molecule has 0 bridgehead atoms. The molecule has 1 aromatic carbocycles. The number of benzene rings is 1. The lowest BCUT2D eigenvalue weighted by Gasteiger charge is -2.36. The largest absolute Gasteiger partial charge is 0.493 e. The molecular weight excluding hydrogens is 284 g/mol. The van der Waals surface area contributed by atoms with Gasteiger partial charge in [0.25, 0.3) is 5.69 Å². The van der Waals surface area contributed by atoms with Gasteiger partial charge in [-0.05, 0) is 50.1 Å². The maximum absolute atomic E-state index is 10.9. The monoisotopic (exact) mass is 306 g/mol. The minimum atomic E-state index is -0.410. The molecule has 3 rings (SSSR count). The van der Waals surface area contributed by atoms with Crippen molar-refractivity contribution in [3.63, 3.8) is 0 Å². The first-order valence-electron chi connectivity index (χ1n) is 7.82. The zero-order valence-electron chi connectivity index (χ0n) is 12.8. The second kappa shape index (κ2) is 6.12. The first kappa shape index (κ1) is 15.1. The highest BCUT2D eigenvalue weighted by Gasteiger charge is 2.38. The lowest BCUT2D eigenvalue weighted by molar-refractivity contribution is -0.385. The Labute approximate surface area is 129 Å². The summed E-state index contributed by atoms with van der Waals surface area (Å²) in [5.41, 5.74) is 0.482. The number of nitro benzene ring substituents is 1. The van der Waals surface area contributed by atoms with E-state index in [2.05, 4.69) is 5.32 Å². The van der Waals surface area contributed by atoms with Gasteiger partial charge in [0.1, 0.15) is 0 Å². The molecule has 1 saturated carbocycles. The van der Waals surface area contributed by atoms with Crippen molar-refractivity contribution in [1.29, 1.82) is 0 Å². The fraction of sp³-hybridized carbons (Fsp3) is 0.625. The molecule has 0 amide bonds. The highest BCUT2D eigenvalue weighted by molar-refractivity contribution is 5.48. The second-order valence-electron chi connectivity index (χ2n) is 6.34. The van der Waals surface area contributed by atoms with Crippen LogP contribution >= 0.6 is 0 Å². The van der Waals surface area contributed by atoms with Crippen LogP contribution in [0.2, 0.25) is 0 Å². The van der Waals surface area contributed by atoms with Crippen LogP contribution in [0.3, 0.4) is 0 Å². The standard InChI is InChI=1S/C16H22N2O4/c1-21-14-3-2-12(18(19)20)10-15(14)22-13-4-6-16(7-5-13)8-9-17-11-16/h2-3,10,13,17H,4-9,11H2,1H3. The molecule has 6 heteroatoms. The average Bonchev–Trinajstić information content (AvgIpc) is 2.98. The van der Waals surface area contributed by atoms with Crippen LogP contribution in [0.5, 0.6) is 11.5 Å². The van der Waals surface area contributed by atoms with Crippen LogP contribution in [0, 0.1) is 15.5 Å². The number of methoxy groups -OCH3 is 1. The molecule has 1 aliphatic carbocycles. The summed E-state index contributed by atoms with van der Waals surface area (Å²) in [4.78, 5) is 10.5. The maximum Gasteiger partial charge on any atom is 0.273 e. The van der Waals surface area contributed by atoms with Crippen molar-refractivity contribution in [3.05, 3.63) is 28.3 Å². The molecule has 1 aromatic rings. The van der Waals surface area contributed by atoms with E-state index < -0.39 is 4.92 Å². The lowest BCUT2D eigenvalue weighted by Crippen LogP contribution is -2.33. The summed E-state index contributed by atoms with van der Waals surface area (Å²) in [6.45, 7) is 2.23. The van der Waals surface area contributed by atoms with Crippen LogP contribution < -0.4 is 14.8 Å². The summed E-state index contributed by atoms with van der Waals surface area (Å²) >= 11 is 0. The first-order valence-corrected chi connectivity index (χ1v) is 7.82. The minimum absolute atomic E-state index is 0.0306. The predicted molar refractivity (Wildman–Crippen MR) is 82.5 cm³/mol.